The van der Waals surface area contributed by atoms with Crippen molar-refractivity contribution in [2.75, 3.05) is 38.2 Å². The number of rotatable bonds is 3. The zero-order valence-electron chi connectivity index (χ0n) is 11.5. The third-order valence-electron chi connectivity index (χ3n) is 4.43. The van der Waals surface area contributed by atoms with Crippen LogP contribution in [0.5, 0.6) is 5.75 Å². The average molecular weight is 277 g/mol. The van der Waals surface area contributed by atoms with Crippen molar-refractivity contribution in [2.24, 2.45) is 11.8 Å². The van der Waals surface area contributed by atoms with E-state index in [-0.39, 0.29) is 5.69 Å². The number of nitro benzene ring substituents is 1. The smallest absolute Gasteiger partial charge is 0.311 e. The van der Waals surface area contributed by atoms with Gasteiger partial charge in [0.25, 0.3) is 0 Å². The summed E-state index contributed by atoms with van der Waals surface area (Å²) in [6.07, 6.45) is 1.18. The molecule has 3 rings (SSSR count). The van der Waals surface area contributed by atoms with Gasteiger partial charge in [0.05, 0.1) is 12.0 Å². The number of nitro groups is 1. The first-order chi connectivity index (χ1) is 9.69. The van der Waals surface area contributed by atoms with Crippen molar-refractivity contribution in [3.63, 3.8) is 0 Å². The largest absolute Gasteiger partial charge is 0.490 e. The van der Waals surface area contributed by atoms with Gasteiger partial charge < -0.3 is 15.0 Å². The Morgan fingerprint density at radius 2 is 2.20 bits per heavy atom. The van der Waals surface area contributed by atoms with Gasteiger partial charge in [-0.05, 0) is 37.4 Å². The fourth-order valence-corrected chi connectivity index (χ4v) is 3.28. The first kappa shape index (κ1) is 13.2. The van der Waals surface area contributed by atoms with Crippen LogP contribution in [0.15, 0.2) is 18.2 Å². The maximum atomic E-state index is 10.9. The van der Waals surface area contributed by atoms with Crippen LogP contribution >= 0.6 is 0 Å². The van der Waals surface area contributed by atoms with E-state index >= 15 is 0 Å². The van der Waals surface area contributed by atoms with Gasteiger partial charge in [-0.2, -0.15) is 0 Å². The molecule has 1 aromatic carbocycles. The number of piperidine rings is 1. The molecule has 0 saturated carbocycles. The highest BCUT2D eigenvalue weighted by Gasteiger charge is 2.33. The minimum absolute atomic E-state index is 0.0219. The minimum atomic E-state index is -0.407. The van der Waals surface area contributed by atoms with Gasteiger partial charge in [-0.1, -0.05) is 0 Å². The molecule has 0 aliphatic carbocycles. The highest BCUT2D eigenvalue weighted by atomic mass is 16.6. The maximum absolute atomic E-state index is 10.9. The van der Waals surface area contributed by atoms with Crippen molar-refractivity contribution in [3.05, 3.63) is 28.3 Å². The van der Waals surface area contributed by atoms with Crippen LogP contribution in [-0.4, -0.2) is 38.2 Å². The van der Waals surface area contributed by atoms with Gasteiger partial charge in [0, 0.05) is 30.9 Å². The molecule has 2 atom stereocenters. The SMILES string of the molecule is COc1cc(N2CCC3CNCC3C2)ccc1[N+](=O)[O-]. The molecule has 108 valence electrons. The van der Waals surface area contributed by atoms with Crippen LogP contribution in [-0.2, 0) is 0 Å². The molecule has 0 radical (unpaired) electrons. The second kappa shape index (κ2) is 5.28. The molecule has 0 aromatic heterocycles. The summed E-state index contributed by atoms with van der Waals surface area (Å²) in [6.45, 7) is 4.22. The molecule has 2 saturated heterocycles. The Bertz CT molecular complexity index is 520. The second-order valence-corrected chi connectivity index (χ2v) is 5.53. The Morgan fingerprint density at radius 3 is 2.95 bits per heavy atom. The van der Waals surface area contributed by atoms with Gasteiger partial charge in [-0.25, -0.2) is 0 Å². The number of ether oxygens (including phenoxy) is 1. The number of hydrogen-bond donors (Lipinski definition) is 1. The van der Waals surface area contributed by atoms with Crippen molar-refractivity contribution in [3.8, 4) is 5.75 Å². The zero-order chi connectivity index (χ0) is 14.1. The van der Waals surface area contributed by atoms with Gasteiger partial charge in [-0.15, -0.1) is 0 Å². The van der Waals surface area contributed by atoms with Gasteiger partial charge in [0.2, 0.25) is 0 Å². The molecule has 2 unspecified atom stereocenters. The molecular weight excluding hydrogens is 258 g/mol. The van der Waals surface area contributed by atoms with E-state index in [1.54, 1.807) is 6.07 Å². The number of fused-ring (bicyclic) bond motifs is 1. The van der Waals surface area contributed by atoms with Crippen LogP contribution < -0.4 is 15.0 Å². The Kier molecular flexibility index (Phi) is 3.48. The molecule has 6 nitrogen and oxygen atoms in total. The van der Waals surface area contributed by atoms with Gasteiger partial charge >= 0.3 is 5.69 Å². The lowest BCUT2D eigenvalue weighted by atomic mass is 9.88. The number of anilines is 1. The van der Waals surface area contributed by atoms with E-state index in [2.05, 4.69) is 10.2 Å². The van der Waals surface area contributed by atoms with E-state index in [0.29, 0.717) is 11.7 Å². The van der Waals surface area contributed by atoms with Gasteiger partial charge in [0.1, 0.15) is 0 Å². The molecule has 2 aliphatic heterocycles. The third-order valence-corrected chi connectivity index (χ3v) is 4.43. The molecule has 0 amide bonds. The summed E-state index contributed by atoms with van der Waals surface area (Å²) in [5.41, 5.74) is 1.03. The number of nitrogens with zero attached hydrogens (tertiary/aromatic N) is 2. The van der Waals surface area contributed by atoms with E-state index in [1.807, 2.05) is 6.07 Å². The van der Waals surface area contributed by atoms with Crippen molar-refractivity contribution < 1.29 is 9.66 Å². The van der Waals surface area contributed by atoms with E-state index in [9.17, 15) is 10.1 Å². The minimum Gasteiger partial charge on any atom is -0.490 e. The molecule has 0 spiro atoms. The topological polar surface area (TPSA) is 67.6 Å². The van der Waals surface area contributed by atoms with Crippen LogP contribution in [0.3, 0.4) is 0 Å². The lowest BCUT2D eigenvalue weighted by molar-refractivity contribution is -0.385. The van der Waals surface area contributed by atoms with Crippen molar-refractivity contribution >= 4 is 11.4 Å². The summed E-state index contributed by atoms with van der Waals surface area (Å²) < 4.78 is 5.14. The van der Waals surface area contributed by atoms with Crippen LogP contribution in [0.2, 0.25) is 0 Å². The van der Waals surface area contributed by atoms with E-state index < -0.39 is 4.92 Å². The highest BCUT2D eigenvalue weighted by Crippen LogP contribution is 2.34. The van der Waals surface area contributed by atoms with E-state index in [0.717, 1.165) is 37.8 Å². The average Bonchev–Trinajstić information content (AvgIpc) is 2.93. The quantitative estimate of drug-likeness (QED) is 0.672. The molecule has 0 bridgehead atoms. The normalized spacial score (nSPS) is 25.4. The zero-order valence-corrected chi connectivity index (χ0v) is 11.5. The molecule has 1 aromatic rings. The second-order valence-electron chi connectivity index (χ2n) is 5.53. The predicted octanol–water partition coefficient (Wildman–Crippen LogP) is 1.65. The maximum Gasteiger partial charge on any atom is 0.311 e. The van der Waals surface area contributed by atoms with Crippen LogP contribution in [0, 0.1) is 22.0 Å². The molecule has 6 heteroatoms. The first-order valence-electron chi connectivity index (χ1n) is 6.97. The van der Waals surface area contributed by atoms with E-state index in [4.69, 9.17) is 4.74 Å². The predicted molar refractivity (Wildman–Crippen MR) is 76.3 cm³/mol. The highest BCUT2D eigenvalue weighted by molar-refractivity contribution is 5.59. The summed E-state index contributed by atoms with van der Waals surface area (Å²) in [7, 11) is 1.47. The van der Waals surface area contributed by atoms with Gasteiger partial charge in [0.15, 0.2) is 5.75 Å². The lowest BCUT2D eigenvalue weighted by Crippen LogP contribution is -2.40. The summed E-state index contributed by atoms with van der Waals surface area (Å²) in [5, 5.41) is 14.4. The molecule has 1 N–H and O–H groups in total. The number of benzene rings is 1. The summed E-state index contributed by atoms with van der Waals surface area (Å²) in [5.74, 6) is 1.80. The Morgan fingerprint density at radius 1 is 1.40 bits per heavy atom. The molecule has 2 aliphatic rings. The van der Waals surface area contributed by atoms with E-state index in [1.165, 1.54) is 19.6 Å². The molecule has 2 heterocycles. The van der Waals surface area contributed by atoms with Gasteiger partial charge in [-0.3, -0.25) is 10.1 Å². The Labute approximate surface area is 117 Å². The number of methoxy groups -OCH3 is 1. The van der Waals surface area contributed by atoms with Crippen LogP contribution in [0.1, 0.15) is 6.42 Å². The Balaban J connectivity index is 1.81. The lowest BCUT2D eigenvalue weighted by Gasteiger charge is -2.36. The first-order valence-corrected chi connectivity index (χ1v) is 6.97. The van der Waals surface area contributed by atoms with Crippen molar-refractivity contribution in [1.82, 2.24) is 5.32 Å². The fraction of sp³-hybridized carbons (Fsp3) is 0.571. The summed E-state index contributed by atoms with van der Waals surface area (Å²) >= 11 is 0. The molecular formula is C14H19N3O3. The van der Waals surface area contributed by atoms with Crippen LogP contribution in [0.25, 0.3) is 0 Å². The summed E-state index contributed by atoms with van der Waals surface area (Å²) in [6, 6.07) is 5.14. The third kappa shape index (κ3) is 2.31. The fourth-order valence-electron chi connectivity index (χ4n) is 3.28. The monoisotopic (exact) mass is 277 g/mol. The Hall–Kier alpha value is -1.82. The molecule has 20 heavy (non-hydrogen) atoms. The standard InChI is InChI=1S/C14H19N3O3/c1-20-14-6-12(2-3-13(14)17(18)19)16-5-4-10-7-15-8-11(10)9-16/h2-3,6,10-11,15H,4-5,7-9H2,1H3. The van der Waals surface area contributed by atoms with Crippen LogP contribution in [0.4, 0.5) is 11.4 Å². The molecule has 2 fully saturated rings. The van der Waals surface area contributed by atoms with Crippen molar-refractivity contribution in [1.29, 1.82) is 0 Å². The summed E-state index contributed by atoms with van der Waals surface area (Å²) in [4.78, 5) is 12.8. The number of hydrogen-bond acceptors (Lipinski definition) is 5. The van der Waals surface area contributed by atoms with Crippen molar-refractivity contribution in [2.45, 2.75) is 6.42 Å². The number of nitrogens with one attached hydrogen (secondary N) is 1.